The molecule has 0 bridgehead atoms. The molecule has 3 saturated heterocycles. The Hall–Kier alpha value is -1.97. The first-order chi connectivity index (χ1) is 14.9. The molecule has 0 spiro atoms. The van der Waals surface area contributed by atoms with Gasteiger partial charge in [-0.25, -0.2) is 4.79 Å². The van der Waals surface area contributed by atoms with Gasteiger partial charge in [0, 0.05) is 18.0 Å². The number of hydrogen-bond acceptors (Lipinski definition) is 8. The summed E-state index contributed by atoms with van der Waals surface area (Å²) in [4.78, 5) is 14.6. The smallest absolute Gasteiger partial charge is 0.330 e. The fourth-order valence-corrected chi connectivity index (χ4v) is 4.69. The Bertz CT molecular complexity index is 783. The fraction of sp³-hybridized carbons (Fsp3) is 0.609. The van der Waals surface area contributed by atoms with Gasteiger partial charge in [0.1, 0.15) is 24.1 Å². The van der Waals surface area contributed by atoms with E-state index in [1.165, 1.54) is 25.5 Å². The maximum Gasteiger partial charge on any atom is 0.330 e. The van der Waals surface area contributed by atoms with Crippen LogP contribution in [-0.4, -0.2) is 82.6 Å². The Labute approximate surface area is 182 Å². The lowest BCUT2D eigenvalue weighted by atomic mass is 9.99. The van der Waals surface area contributed by atoms with Gasteiger partial charge in [0.2, 0.25) is 6.29 Å². The minimum absolute atomic E-state index is 0.350. The van der Waals surface area contributed by atoms with Gasteiger partial charge in [-0.2, -0.15) is 0 Å². The molecule has 1 aromatic carbocycles. The molecule has 0 unspecified atom stereocenters. The maximum absolute atomic E-state index is 12.1. The summed E-state index contributed by atoms with van der Waals surface area (Å²) < 4.78 is 16.5. The summed E-state index contributed by atoms with van der Waals surface area (Å²) in [6, 6.07) is 7.45. The van der Waals surface area contributed by atoms with Crippen molar-refractivity contribution in [3.05, 3.63) is 35.9 Å². The van der Waals surface area contributed by atoms with Crippen molar-refractivity contribution in [2.24, 2.45) is 5.92 Å². The normalized spacial score (nSPS) is 35.9. The molecule has 8 nitrogen and oxygen atoms in total. The first kappa shape index (κ1) is 22.2. The van der Waals surface area contributed by atoms with E-state index >= 15 is 0 Å². The summed E-state index contributed by atoms with van der Waals surface area (Å²) in [6.07, 6.45) is 0.996. The molecule has 0 aliphatic carbocycles. The van der Waals surface area contributed by atoms with E-state index in [1.54, 1.807) is 37.3 Å². The van der Waals surface area contributed by atoms with Gasteiger partial charge >= 0.3 is 5.97 Å². The number of ether oxygens (including phenoxy) is 3. The predicted octanol–water partition coefficient (Wildman–Crippen LogP) is 0.934. The number of aliphatic hydroxyl groups excluding tert-OH is 3. The SMILES string of the molecule is C[C@@H]1O[C@@H](Oc2ccc(C=CC(=O)OC[C@@H]3CCN4CCC[C@H]34)cc2)[C@H](O)[C@H](O)[C@H]1O. The molecule has 1 aromatic rings. The minimum Gasteiger partial charge on any atom is -0.462 e. The first-order valence-electron chi connectivity index (χ1n) is 11.0. The number of esters is 1. The van der Waals surface area contributed by atoms with Crippen molar-refractivity contribution in [1.82, 2.24) is 4.90 Å². The van der Waals surface area contributed by atoms with Gasteiger partial charge in [-0.3, -0.25) is 4.90 Å². The molecule has 31 heavy (non-hydrogen) atoms. The number of carbonyl (C=O) groups is 1. The van der Waals surface area contributed by atoms with E-state index in [1.807, 2.05) is 0 Å². The van der Waals surface area contributed by atoms with Crippen molar-refractivity contribution in [2.45, 2.75) is 62.9 Å². The van der Waals surface area contributed by atoms with Gasteiger partial charge < -0.3 is 29.5 Å². The molecular formula is C23H31NO7. The van der Waals surface area contributed by atoms with Crippen LogP contribution >= 0.6 is 0 Å². The van der Waals surface area contributed by atoms with Crippen LogP contribution in [0, 0.1) is 5.92 Å². The van der Waals surface area contributed by atoms with Crippen LogP contribution in [0.1, 0.15) is 31.7 Å². The molecule has 8 heteroatoms. The number of nitrogens with zero attached hydrogens (tertiary/aromatic N) is 1. The van der Waals surface area contributed by atoms with Crippen molar-refractivity contribution in [3.63, 3.8) is 0 Å². The van der Waals surface area contributed by atoms with Crippen LogP contribution in [0.25, 0.3) is 6.08 Å². The lowest BCUT2D eigenvalue weighted by Crippen LogP contribution is -2.58. The van der Waals surface area contributed by atoms with Gasteiger partial charge in [0.15, 0.2) is 0 Å². The zero-order valence-corrected chi connectivity index (χ0v) is 17.7. The van der Waals surface area contributed by atoms with Crippen molar-refractivity contribution in [3.8, 4) is 5.75 Å². The van der Waals surface area contributed by atoms with Crippen LogP contribution in [0.3, 0.4) is 0 Å². The van der Waals surface area contributed by atoms with Gasteiger partial charge in [-0.1, -0.05) is 12.1 Å². The van der Waals surface area contributed by atoms with Crippen molar-refractivity contribution >= 4 is 12.0 Å². The van der Waals surface area contributed by atoms with Crippen LogP contribution in [0.2, 0.25) is 0 Å². The molecule has 0 aromatic heterocycles. The number of fused-ring (bicyclic) bond motifs is 1. The zero-order valence-electron chi connectivity index (χ0n) is 17.7. The number of benzene rings is 1. The van der Waals surface area contributed by atoms with Crippen LogP contribution in [0.5, 0.6) is 5.75 Å². The van der Waals surface area contributed by atoms with Crippen LogP contribution in [-0.2, 0) is 14.3 Å². The number of hydrogen-bond donors (Lipinski definition) is 3. The summed E-state index contributed by atoms with van der Waals surface area (Å²) >= 11 is 0. The van der Waals surface area contributed by atoms with E-state index in [-0.39, 0.29) is 5.97 Å². The zero-order chi connectivity index (χ0) is 22.0. The monoisotopic (exact) mass is 433 g/mol. The minimum atomic E-state index is -1.36. The molecule has 0 amide bonds. The molecule has 4 rings (SSSR count). The molecule has 7 atom stereocenters. The second-order valence-corrected chi connectivity index (χ2v) is 8.63. The topological polar surface area (TPSA) is 109 Å². The van der Waals surface area contributed by atoms with E-state index in [0.29, 0.717) is 24.3 Å². The molecule has 3 aliphatic rings. The van der Waals surface area contributed by atoms with Crippen molar-refractivity contribution in [2.75, 3.05) is 19.7 Å². The number of aliphatic hydroxyl groups is 3. The lowest BCUT2D eigenvalue weighted by Gasteiger charge is -2.38. The van der Waals surface area contributed by atoms with E-state index in [9.17, 15) is 20.1 Å². The highest BCUT2D eigenvalue weighted by atomic mass is 16.7. The van der Waals surface area contributed by atoms with Crippen LogP contribution in [0.15, 0.2) is 30.3 Å². The highest BCUT2D eigenvalue weighted by Crippen LogP contribution is 2.32. The van der Waals surface area contributed by atoms with Gasteiger partial charge in [0.25, 0.3) is 0 Å². The Morgan fingerprint density at radius 2 is 1.90 bits per heavy atom. The third-order valence-electron chi connectivity index (χ3n) is 6.54. The summed E-state index contributed by atoms with van der Waals surface area (Å²) in [6.45, 7) is 4.35. The molecule has 3 heterocycles. The largest absolute Gasteiger partial charge is 0.462 e. The highest BCUT2D eigenvalue weighted by Gasteiger charge is 2.43. The second-order valence-electron chi connectivity index (χ2n) is 8.63. The average Bonchev–Trinajstić information content (AvgIpc) is 3.38. The van der Waals surface area contributed by atoms with Crippen LogP contribution < -0.4 is 4.74 Å². The molecule has 3 N–H and O–H groups in total. The standard InChI is InChI=1S/C23H31NO7/c1-14-20(26)21(27)22(28)23(30-14)31-17-7-4-15(5-8-17)6-9-19(25)29-13-16-10-12-24-11-2-3-18(16)24/h4-9,14,16,18,20-23,26-28H,2-3,10-13H2,1H3/t14-,16-,18+,20-,21+,22+,23-/m0/s1. The lowest BCUT2D eigenvalue weighted by molar-refractivity contribution is -0.268. The van der Waals surface area contributed by atoms with Crippen molar-refractivity contribution in [1.29, 1.82) is 0 Å². The van der Waals surface area contributed by atoms with E-state index in [0.717, 1.165) is 18.5 Å². The second kappa shape index (κ2) is 9.67. The summed E-state index contributed by atoms with van der Waals surface area (Å²) in [5.41, 5.74) is 0.793. The third kappa shape index (κ3) is 5.10. The Morgan fingerprint density at radius 3 is 2.68 bits per heavy atom. The average molecular weight is 434 g/mol. The number of carbonyl (C=O) groups excluding carboxylic acids is 1. The first-order valence-corrected chi connectivity index (χ1v) is 11.0. The third-order valence-corrected chi connectivity index (χ3v) is 6.54. The predicted molar refractivity (Wildman–Crippen MR) is 112 cm³/mol. The quantitative estimate of drug-likeness (QED) is 0.449. The summed E-state index contributed by atoms with van der Waals surface area (Å²) in [5.74, 6) is 0.523. The van der Waals surface area contributed by atoms with Crippen molar-refractivity contribution < 1.29 is 34.3 Å². The summed E-state index contributed by atoms with van der Waals surface area (Å²) in [5, 5.41) is 29.7. The van der Waals surface area contributed by atoms with E-state index < -0.39 is 30.7 Å². The van der Waals surface area contributed by atoms with Gasteiger partial charge in [0.05, 0.1) is 12.7 Å². The van der Waals surface area contributed by atoms with E-state index in [2.05, 4.69) is 4.90 Å². The molecule has 3 fully saturated rings. The molecule has 0 saturated carbocycles. The van der Waals surface area contributed by atoms with E-state index in [4.69, 9.17) is 14.2 Å². The number of rotatable bonds is 6. The van der Waals surface area contributed by atoms with Gasteiger partial charge in [-0.05, 0) is 63.0 Å². The Balaban J connectivity index is 1.25. The molecule has 170 valence electrons. The highest BCUT2D eigenvalue weighted by molar-refractivity contribution is 5.87. The summed E-state index contributed by atoms with van der Waals surface area (Å²) in [7, 11) is 0. The van der Waals surface area contributed by atoms with Gasteiger partial charge in [-0.15, -0.1) is 0 Å². The van der Waals surface area contributed by atoms with Crippen LogP contribution in [0.4, 0.5) is 0 Å². The fourth-order valence-electron chi connectivity index (χ4n) is 4.69. The maximum atomic E-state index is 12.1. The molecular weight excluding hydrogens is 402 g/mol. The Kier molecular flexibility index (Phi) is 6.93. The molecule has 3 aliphatic heterocycles. The Morgan fingerprint density at radius 1 is 1.13 bits per heavy atom. The molecule has 0 radical (unpaired) electrons.